The van der Waals surface area contributed by atoms with Crippen molar-refractivity contribution in [1.29, 1.82) is 26.3 Å². The highest BCUT2D eigenvalue weighted by molar-refractivity contribution is 8.45. The Morgan fingerprint density at radius 1 is 0.595 bits per heavy atom. The molecular weight excluding hydrogens is 632 g/mol. The minimum Gasteiger partial charge on any atom is -0.192 e. The summed E-state index contributed by atoms with van der Waals surface area (Å²) in [5.41, 5.74) is -18.7. The Hall–Kier alpha value is -5.00. The molecule has 0 aliphatic carbocycles. The van der Waals surface area contributed by atoms with Crippen LogP contribution in [0.3, 0.4) is 0 Å². The standard InChI is InChI=1S/C22H3F14N5S/c23-20(24,25)15-1-9(2-16(13(15)7-40)21(26,27)28)12(6-39)11-3-17(42(32,33,34,35)36)18(10(4-37)5-38)14(8-41)19(11)22(29,30)31/h1-3H/b12-11+. The highest BCUT2D eigenvalue weighted by atomic mass is 32.5. The number of benzene rings is 2. The molecule has 0 atom stereocenters. The van der Waals surface area contributed by atoms with Crippen molar-refractivity contribution < 1.29 is 58.9 Å². The molecule has 0 N–H and O–H groups in total. The lowest BCUT2D eigenvalue weighted by atomic mass is 9.91. The summed E-state index contributed by atoms with van der Waals surface area (Å²) in [4.78, 5) is -3.54. The first-order chi connectivity index (χ1) is 18.7. The van der Waals surface area contributed by atoms with E-state index < -0.39 is 107 Å². The normalized spacial score (nSPS) is 14.6. The van der Waals surface area contributed by atoms with E-state index in [2.05, 4.69) is 0 Å². The fourth-order valence-corrected chi connectivity index (χ4v) is 4.52. The van der Waals surface area contributed by atoms with Crippen LogP contribution in [0, 0.1) is 56.7 Å². The molecule has 220 valence electrons. The second kappa shape index (κ2) is 9.26. The van der Waals surface area contributed by atoms with Crippen molar-refractivity contribution >= 4 is 21.4 Å². The Kier molecular flexibility index (Phi) is 7.32. The quantitative estimate of drug-likeness (QED) is 0.328. The van der Waals surface area contributed by atoms with Crippen molar-refractivity contribution in [3.63, 3.8) is 0 Å². The summed E-state index contributed by atoms with van der Waals surface area (Å²) in [5, 5.41) is 40.4. The topological polar surface area (TPSA) is 119 Å². The highest BCUT2D eigenvalue weighted by Crippen LogP contribution is 3.01. The molecule has 5 nitrogen and oxygen atoms in total. The molecule has 2 aromatic rings. The Morgan fingerprint density at radius 3 is 1.31 bits per heavy atom. The first kappa shape index (κ1) is 33.2. The van der Waals surface area contributed by atoms with Crippen LogP contribution < -0.4 is 10.4 Å². The maximum absolute atomic E-state index is 14.1. The summed E-state index contributed by atoms with van der Waals surface area (Å²) < 4.78 is 194. The summed E-state index contributed by atoms with van der Waals surface area (Å²) in [6, 6.07) is 0.581. The van der Waals surface area contributed by atoms with Crippen LogP contribution in [-0.2, 0) is 18.5 Å². The Bertz CT molecular complexity index is 1810. The van der Waals surface area contributed by atoms with Crippen LogP contribution in [0.5, 0.6) is 0 Å². The molecule has 0 unspecified atom stereocenters. The van der Waals surface area contributed by atoms with Gasteiger partial charge in [-0.1, -0.05) is 19.4 Å². The fourth-order valence-electron chi connectivity index (χ4n) is 3.59. The second-order valence-electron chi connectivity index (χ2n) is 7.76. The van der Waals surface area contributed by atoms with Gasteiger partial charge in [-0.3, -0.25) is 0 Å². The van der Waals surface area contributed by atoms with Gasteiger partial charge in [0.15, 0.2) is 0 Å². The molecule has 0 bridgehead atoms. The van der Waals surface area contributed by atoms with Gasteiger partial charge in [-0.25, -0.2) is 0 Å². The van der Waals surface area contributed by atoms with Crippen molar-refractivity contribution in [1.82, 2.24) is 0 Å². The first-order valence-electron chi connectivity index (χ1n) is 9.78. The van der Waals surface area contributed by atoms with Gasteiger partial charge in [0.2, 0.25) is 0 Å². The third-order valence-electron chi connectivity index (χ3n) is 5.11. The van der Waals surface area contributed by atoms with Crippen LogP contribution in [0.1, 0.15) is 33.4 Å². The van der Waals surface area contributed by atoms with Crippen molar-refractivity contribution in [2.45, 2.75) is 23.4 Å². The van der Waals surface area contributed by atoms with Gasteiger partial charge in [0.25, 0.3) is 0 Å². The molecule has 0 aromatic heterocycles. The SMILES string of the molecule is N#CC(C#N)=c1c(S(F)(F)(F)(F)F)c/c(=C(/C#N)c2cc(C(F)(F)F)c(C#N)c(C(F)(F)F)c2)c(C(F)(F)F)c1C#N. The van der Waals surface area contributed by atoms with Gasteiger partial charge < -0.3 is 0 Å². The lowest BCUT2D eigenvalue weighted by Gasteiger charge is -2.41. The van der Waals surface area contributed by atoms with Gasteiger partial charge >= 0.3 is 28.8 Å². The fraction of sp³-hybridized carbons (Fsp3) is 0.136. The minimum absolute atomic E-state index is 0.444. The molecule has 20 heteroatoms. The van der Waals surface area contributed by atoms with Gasteiger partial charge in [-0.2, -0.15) is 65.8 Å². The van der Waals surface area contributed by atoms with Crippen LogP contribution in [0.4, 0.5) is 58.9 Å². The number of hydrogen-bond donors (Lipinski definition) is 0. The van der Waals surface area contributed by atoms with E-state index in [0.29, 0.717) is 30.3 Å². The summed E-state index contributed by atoms with van der Waals surface area (Å²) in [6.07, 6.45) is -18.0. The van der Waals surface area contributed by atoms with E-state index in [4.69, 9.17) is 15.8 Å². The third-order valence-corrected chi connectivity index (χ3v) is 6.26. The average Bonchev–Trinajstić information content (AvgIpc) is 2.81. The summed E-state index contributed by atoms with van der Waals surface area (Å²) in [5.74, 6) is 0. The Balaban J connectivity index is 3.69. The maximum atomic E-state index is 14.1. The lowest BCUT2D eigenvalue weighted by Crippen LogP contribution is -2.34. The molecule has 0 spiro atoms. The van der Waals surface area contributed by atoms with E-state index in [1.165, 1.54) is 0 Å². The van der Waals surface area contributed by atoms with Gasteiger partial charge in [0, 0.05) is 10.4 Å². The zero-order valence-corrected chi connectivity index (χ0v) is 20.0. The molecule has 0 saturated heterocycles. The van der Waals surface area contributed by atoms with Gasteiger partial charge in [0.05, 0.1) is 33.4 Å². The molecule has 2 rings (SSSR count). The van der Waals surface area contributed by atoms with E-state index >= 15 is 0 Å². The smallest absolute Gasteiger partial charge is 0.192 e. The highest BCUT2D eigenvalue weighted by Gasteiger charge is 2.67. The molecular formula is C22H3F14N5S. The van der Waals surface area contributed by atoms with Crippen LogP contribution >= 0.6 is 10.2 Å². The number of nitrogens with zero attached hydrogens (tertiary/aromatic N) is 5. The second-order valence-corrected chi connectivity index (χ2v) is 10.1. The number of alkyl halides is 9. The summed E-state index contributed by atoms with van der Waals surface area (Å²) >= 11 is 0. The van der Waals surface area contributed by atoms with E-state index in [-0.39, 0.29) is 0 Å². The van der Waals surface area contributed by atoms with Crippen LogP contribution in [-0.4, -0.2) is 0 Å². The Labute approximate surface area is 223 Å². The predicted molar refractivity (Wildman–Crippen MR) is 111 cm³/mol. The predicted octanol–water partition coefficient (Wildman–Crippen LogP) is 7.06. The monoisotopic (exact) mass is 635 g/mol. The van der Waals surface area contributed by atoms with E-state index in [1.807, 2.05) is 0 Å². The molecule has 2 aromatic carbocycles. The zero-order chi connectivity index (χ0) is 32.9. The van der Waals surface area contributed by atoms with Gasteiger partial charge in [-0.05, 0) is 23.8 Å². The van der Waals surface area contributed by atoms with Crippen molar-refractivity contribution in [3.8, 4) is 30.3 Å². The summed E-state index contributed by atoms with van der Waals surface area (Å²) in [7, 11) is -11.4. The van der Waals surface area contributed by atoms with Crippen LogP contribution in [0.15, 0.2) is 23.1 Å². The van der Waals surface area contributed by atoms with Crippen molar-refractivity contribution in [2.24, 2.45) is 0 Å². The first-order valence-corrected chi connectivity index (χ1v) is 11.7. The molecule has 0 heterocycles. The average molecular weight is 635 g/mol. The third kappa shape index (κ3) is 6.17. The molecule has 0 amide bonds. The number of nitriles is 5. The van der Waals surface area contributed by atoms with Gasteiger partial charge in [0.1, 0.15) is 40.8 Å². The minimum atomic E-state index is -11.4. The number of halogens is 14. The van der Waals surface area contributed by atoms with Crippen molar-refractivity contribution in [2.75, 3.05) is 0 Å². The molecule has 42 heavy (non-hydrogen) atoms. The van der Waals surface area contributed by atoms with E-state index in [0.717, 1.165) is 0 Å². The summed E-state index contributed by atoms with van der Waals surface area (Å²) in [6.45, 7) is 0. The molecule has 0 radical (unpaired) electrons. The van der Waals surface area contributed by atoms with E-state index in [1.54, 1.807) is 0 Å². The maximum Gasteiger partial charge on any atom is 0.418 e. The molecule has 0 aliphatic rings. The van der Waals surface area contributed by atoms with Crippen LogP contribution in [0.2, 0.25) is 0 Å². The van der Waals surface area contributed by atoms with Gasteiger partial charge in [-0.15, -0.1) is 0 Å². The van der Waals surface area contributed by atoms with Crippen molar-refractivity contribution in [3.05, 3.63) is 62.0 Å². The molecule has 0 saturated carbocycles. The van der Waals surface area contributed by atoms with E-state index in [9.17, 15) is 69.5 Å². The largest absolute Gasteiger partial charge is 0.418 e. The van der Waals surface area contributed by atoms with Crippen LogP contribution in [0.25, 0.3) is 11.1 Å². The number of hydrogen-bond acceptors (Lipinski definition) is 5. The number of rotatable bonds is 2. The molecule has 0 aliphatic heterocycles. The zero-order valence-electron chi connectivity index (χ0n) is 19.2. The Morgan fingerprint density at radius 2 is 1.02 bits per heavy atom. The molecule has 0 fully saturated rings. The lowest BCUT2D eigenvalue weighted by molar-refractivity contribution is -0.143.